The summed E-state index contributed by atoms with van der Waals surface area (Å²) in [5, 5.41) is 3.47. The molecule has 0 saturated heterocycles. The predicted octanol–water partition coefficient (Wildman–Crippen LogP) is 3.31. The number of benzene rings is 1. The molecule has 2 rings (SSSR count). The van der Waals surface area contributed by atoms with Gasteiger partial charge < -0.3 is 10.1 Å². The first-order chi connectivity index (χ1) is 8.19. The van der Waals surface area contributed by atoms with Crippen LogP contribution in [0.4, 0.5) is 0 Å². The van der Waals surface area contributed by atoms with Crippen molar-refractivity contribution in [2.45, 2.75) is 31.9 Å². The molecule has 1 aromatic carbocycles. The quantitative estimate of drug-likeness (QED) is 0.842. The largest absolute Gasteiger partial charge is 0.488 e. The van der Waals surface area contributed by atoms with Crippen molar-refractivity contribution in [2.24, 2.45) is 0 Å². The van der Waals surface area contributed by atoms with E-state index in [0.717, 1.165) is 29.6 Å². The van der Waals surface area contributed by atoms with E-state index in [4.69, 9.17) is 4.74 Å². The summed E-state index contributed by atoms with van der Waals surface area (Å²) in [5.41, 5.74) is 1.29. The number of hydrogen-bond acceptors (Lipinski definition) is 2. The molecule has 0 aromatic heterocycles. The van der Waals surface area contributed by atoms with Gasteiger partial charge in [0, 0.05) is 23.5 Å². The van der Waals surface area contributed by atoms with Crippen molar-refractivity contribution in [3.63, 3.8) is 0 Å². The topological polar surface area (TPSA) is 21.3 Å². The molecule has 2 unspecified atom stereocenters. The lowest BCUT2D eigenvalue weighted by atomic mass is 10.1. The lowest BCUT2D eigenvalue weighted by Gasteiger charge is -2.15. The lowest BCUT2D eigenvalue weighted by molar-refractivity contribution is 0.222. The molecule has 1 aromatic rings. The van der Waals surface area contributed by atoms with Crippen molar-refractivity contribution in [3.8, 4) is 5.75 Å². The summed E-state index contributed by atoms with van der Waals surface area (Å²) in [5.74, 6) is 1.02. The second-order valence-corrected chi connectivity index (χ2v) is 5.45. The first-order valence-corrected chi connectivity index (χ1v) is 6.77. The van der Waals surface area contributed by atoms with Crippen LogP contribution in [0.2, 0.25) is 0 Å². The molecule has 1 N–H and O–H groups in total. The smallest absolute Gasteiger partial charge is 0.123 e. The van der Waals surface area contributed by atoms with Crippen LogP contribution in [0.3, 0.4) is 0 Å². The Morgan fingerprint density at radius 2 is 2.47 bits per heavy atom. The second kappa shape index (κ2) is 5.69. The van der Waals surface area contributed by atoms with Gasteiger partial charge in [-0.1, -0.05) is 22.0 Å². The van der Waals surface area contributed by atoms with Crippen molar-refractivity contribution in [1.29, 1.82) is 0 Å². The van der Waals surface area contributed by atoms with Crippen LogP contribution >= 0.6 is 15.9 Å². The van der Waals surface area contributed by atoms with E-state index in [2.05, 4.69) is 40.8 Å². The first kappa shape index (κ1) is 12.7. The van der Waals surface area contributed by atoms with Crippen LogP contribution in [-0.4, -0.2) is 18.7 Å². The molecule has 1 aliphatic rings. The maximum absolute atomic E-state index is 5.88. The van der Waals surface area contributed by atoms with Gasteiger partial charge in [-0.2, -0.15) is 0 Å². The molecule has 92 valence electrons. The van der Waals surface area contributed by atoms with E-state index in [1.54, 1.807) is 0 Å². The molecule has 0 saturated carbocycles. The summed E-state index contributed by atoms with van der Waals surface area (Å²) in [6.45, 7) is 6.80. The van der Waals surface area contributed by atoms with Gasteiger partial charge in [-0.05, 0) is 37.1 Å². The van der Waals surface area contributed by atoms with E-state index >= 15 is 0 Å². The molecule has 0 spiro atoms. The Morgan fingerprint density at radius 3 is 3.24 bits per heavy atom. The second-order valence-electron chi connectivity index (χ2n) is 4.53. The van der Waals surface area contributed by atoms with Gasteiger partial charge in [-0.25, -0.2) is 0 Å². The number of fused-ring (bicyclic) bond motifs is 1. The zero-order chi connectivity index (χ0) is 12.3. The van der Waals surface area contributed by atoms with Crippen LogP contribution in [0, 0.1) is 0 Å². The Balaban J connectivity index is 1.86. The average Bonchev–Trinajstić information content (AvgIpc) is 2.68. The minimum absolute atomic E-state index is 0.256. The normalized spacial score (nSPS) is 19.5. The Bertz CT molecular complexity index is 405. The van der Waals surface area contributed by atoms with Crippen molar-refractivity contribution >= 4 is 15.9 Å². The Kier molecular flexibility index (Phi) is 4.24. The molecule has 0 amide bonds. The molecule has 1 heterocycles. The highest BCUT2D eigenvalue weighted by Gasteiger charge is 2.22. The fourth-order valence-electron chi connectivity index (χ4n) is 2.07. The van der Waals surface area contributed by atoms with E-state index in [-0.39, 0.29) is 6.10 Å². The SMILES string of the molecule is C=CCC(C)NCC1Cc2cc(Br)ccc2O1. The molecule has 0 aliphatic carbocycles. The highest BCUT2D eigenvalue weighted by atomic mass is 79.9. The maximum Gasteiger partial charge on any atom is 0.123 e. The molecule has 3 heteroatoms. The van der Waals surface area contributed by atoms with E-state index in [9.17, 15) is 0 Å². The standard InChI is InChI=1S/C14H18BrNO/c1-3-4-10(2)16-9-13-8-11-7-12(15)5-6-14(11)17-13/h3,5-7,10,13,16H,1,4,8-9H2,2H3. The third-order valence-corrected chi connectivity index (χ3v) is 3.47. The summed E-state index contributed by atoms with van der Waals surface area (Å²) >= 11 is 3.49. The van der Waals surface area contributed by atoms with Gasteiger partial charge in [0.25, 0.3) is 0 Å². The highest BCUT2D eigenvalue weighted by molar-refractivity contribution is 9.10. The number of hydrogen-bond donors (Lipinski definition) is 1. The number of halogens is 1. The fourth-order valence-corrected chi connectivity index (χ4v) is 2.48. The van der Waals surface area contributed by atoms with Crippen molar-refractivity contribution < 1.29 is 4.74 Å². The van der Waals surface area contributed by atoms with Gasteiger partial charge in [0.15, 0.2) is 0 Å². The van der Waals surface area contributed by atoms with Gasteiger partial charge in [0.2, 0.25) is 0 Å². The van der Waals surface area contributed by atoms with Gasteiger partial charge in [-0.3, -0.25) is 0 Å². The van der Waals surface area contributed by atoms with E-state index < -0.39 is 0 Å². The predicted molar refractivity (Wildman–Crippen MR) is 74.5 cm³/mol. The van der Waals surface area contributed by atoms with Crippen LogP contribution in [0.1, 0.15) is 18.9 Å². The minimum Gasteiger partial charge on any atom is -0.488 e. The third kappa shape index (κ3) is 3.33. The Morgan fingerprint density at radius 1 is 1.65 bits per heavy atom. The molecule has 0 fully saturated rings. The molecule has 2 nitrogen and oxygen atoms in total. The van der Waals surface area contributed by atoms with Crippen molar-refractivity contribution in [3.05, 3.63) is 40.9 Å². The summed E-state index contributed by atoms with van der Waals surface area (Å²) in [6.07, 6.45) is 4.18. The van der Waals surface area contributed by atoms with Gasteiger partial charge in [-0.15, -0.1) is 6.58 Å². The summed E-state index contributed by atoms with van der Waals surface area (Å²) in [4.78, 5) is 0. The van der Waals surface area contributed by atoms with E-state index in [1.165, 1.54) is 5.56 Å². The van der Waals surface area contributed by atoms with Crippen molar-refractivity contribution in [2.75, 3.05) is 6.54 Å². The number of nitrogens with one attached hydrogen (secondary N) is 1. The van der Waals surface area contributed by atoms with Crippen LogP contribution in [0.25, 0.3) is 0 Å². The van der Waals surface area contributed by atoms with Crippen LogP contribution in [0.5, 0.6) is 5.75 Å². The van der Waals surface area contributed by atoms with Crippen LogP contribution in [-0.2, 0) is 6.42 Å². The zero-order valence-corrected chi connectivity index (χ0v) is 11.7. The molecular weight excluding hydrogens is 278 g/mol. The zero-order valence-electron chi connectivity index (χ0n) is 10.1. The van der Waals surface area contributed by atoms with Crippen LogP contribution in [0.15, 0.2) is 35.3 Å². The van der Waals surface area contributed by atoms with E-state index in [0.29, 0.717) is 6.04 Å². The molecule has 0 radical (unpaired) electrons. The Hall–Kier alpha value is -0.800. The Labute approximate surface area is 111 Å². The summed E-state index contributed by atoms with van der Waals surface area (Å²) in [6, 6.07) is 6.66. The van der Waals surface area contributed by atoms with Gasteiger partial charge >= 0.3 is 0 Å². The minimum atomic E-state index is 0.256. The molecule has 17 heavy (non-hydrogen) atoms. The first-order valence-electron chi connectivity index (χ1n) is 5.98. The molecule has 0 bridgehead atoms. The monoisotopic (exact) mass is 295 g/mol. The third-order valence-electron chi connectivity index (χ3n) is 2.98. The fraction of sp³-hybridized carbons (Fsp3) is 0.429. The van der Waals surface area contributed by atoms with Gasteiger partial charge in [0.1, 0.15) is 11.9 Å². The van der Waals surface area contributed by atoms with E-state index in [1.807, 2.05) is 18.2 Å². The van der Waals surface area contributed by atoms with Gasteiger partial charge in [0.05, 0.1) is 0 Å². The molecule has 1 aliphatic heterocycles. The lowest BCUT2D eigenvalue weighted by Crippen LogP contribution is -2.35. The number of rotatable bonds is 5. The molecular formula is C14H18BrNO. The summed E-state index contributed by atoms with van der Waals surface area (Å²) < 4.78 is 7.00. The van der Waals surface area contributed by atoms with Crippen LogP contribution < -0.4 is 10.1 Å². The number of ether oxygens (including phenoxy) is 1. The van der Waals surface area contributed by atoms with Crippen molar-refractivity contribution in [1.82, 2.24) is 5.32 Å². The molecule has 2 atom stereocenters. The maximum atomic E-state index is 5.88. The summed E-state index contributed by atoms with van der Waals surface area (Å²) in [7, 11) is 0. The average molecular weight is 296 g/mol. The highest BCUT2D eigenvalue weighted by Crippen LogP contribution is 2.30.